The Morgan fingerprint density at radius 3 is 2.90 bits per heavy atom. The number of nitrogens with one attached hydrogen (secondary N) is 1. The number of carbonyl (C=O) groups is 2. The third-order valence-electron chi connectivity index (χ3n) is 0.931. The first kappa shape index (κ1) is 8.94. The zero-order chi connectivity index (χ0) is 7.82. The molecule has 0 aromatic rings. The molecule has 0 aliphatic carbocycles. The normalized spacial score (nSPS) is 8.50. The molecule has 58 valence electrons. The first-order valence-electron chi connectivity index (χ1n) is 3.13. The fraction of sp³-hybridized carbons (Fsp3) is 0.667. The monoisotopic (exact) mass is 145 g/mol. The molecule has 0 aromatic carbocycles. The first-order chi connectivity index (χ1) is 4.81. The maximum absolute atomic E-state index is 10.5. The van der Waals surface area contributed by atoms with Crippen molar-refractivity contribution in [1.82, 2.24) is 5.32 Å². The minimum Gasteiger partial charge on any atom is -0.466 e. The molecule has 0 unspecified atom stereocenters. The van der Waals surface area contributed by atoms with Crippen LogP contribution in [0.5, 0.6) is 0 Å². The topological polar surface area (TPSA) is 55.4 Å². The lowest BCUT2D eigenvalue weighted by molar-refractivity contribution is -0.129. The van der Waals surface area contributed by atoms with Gasteiger partial charge in [0.15, 0.2) is 0 Å². The van der Waals surface area contributed by atoms with Crippen molar-refractivity contribution in [3.8, 4) is 0 Å². The van der Waals surface area contributed by atoms with Gasteiger partial charge in [0.25, 0.3) is 6.47 Å². The fourth-order valence-electron chi connectivity index (χ4n) is 0.422. The lowest BCUT2D eigenvalue weighted by atomic mass is 10.4. The van der Waals surface area contributed by atoms with Crippen LogP contribution in [0.4, 0.5) is 0 Å². The summed E-state index contributed by atoms with van der Waals surface area (Å²) in [6.45, 7) is 2.76. The molecule has 0 heterocycles. The Bertz CT molecular complexity index is 114. The van der Waals surface area contributed by atoms with Gasteiger partial charge in [0.1, 0.15) is 6.61 Å². The molecule has 10 heavy (non-hydrogen) atoms. The van der Waals surface area contributed by atoms with Crippen LogP contribution in [0.15, 0.2) is 0 Å². The molecule has 1 amide bonds. The molecule has 4 nitrogen and oxygen atoms in total. The van der Waals surface area contributed by atoms with Crippen LogP contribution in [0.25, 0.3) is 0 Å². The van der Waals surface area contributed by atoms with E-state index < -0.39 is 0 Å². The van der Waals surface area contributed by atoms with Crippen molar-refractivity contribution in [2.45, 2.75) is 13.3 Å². The maximum Gasteiger partial charge on any atom is 0.293 e. The summed E-state index contributed by atoms with van der Waals surface area (Å²) in [5.74, 6) is -0.0329. The van der Waals surface area contributed by atoms with Gasteiger partial charge in [0.05, 0.1) is 6.54 Å². The Kier molecular flexibility index (Phi) is 5.42. The van der Waals surface area contributed by atoms with E-state index >= 15 is 0 Å². The van der Waals surface area contributed by atoms with Gasteiger partial charge in [0, 0.05) is 6.42 Å². The molecule has 0 bridgehead atoms. The highest BCUT2D eigenvalue weighted by atomic mass is 16.5. The number of amides is 1. The predicted molar refractivity (Wildman–Crippen MR) is 35.3 cm³/mol. The Morgan fingerprint density at radius 2 is 2.40 bits per heavy atom. The van der Waals surface area contributed by atoms with Gasteiger partial charge in [-0.15, -0.1) is 0 Å². The quantitative estimate of drug-likeness (QED) is 0.426. The minimum atomic E-state index is -0.0329. The van der Waals surface area contributed by atoms with E-state index in [2.05, 4.69) is 10.1 Å². The van der Waals surface area contributed by atoms with E-state index in [9.17, 15) is 9.59 Å². The van der Waals surface area contributed by atoms with Crippen molar-refractivity contribution < 1.29 is 14.3 Å². The highest BCUT2D eigenvalue weighted by Crippen LogP contribution is 1.73. The summed E-state index contributed by atoms with van der Waals surface area (Å²) in [4.78, 5) is 20.1. The number of rotatable bonds is 5. The van der Waals surface area contributed by atoms with E-state index in [1.807, 2.05) is 0 Å². The van der Waals surface area contributed by atoms with Crippen molar-refractivity contribution in [2.75, 3.05) is 13.2 Å². The summed E-state index contributed by atoms with van der Waals surface area (Å²) < 4.78 is 4.33. The van der Waals surface area contributed by atoms with E-state index in [1.54, 1.807) is 6.92 Å². The van der Waals surface area contributed by atoms with E-state index in [-0.39, 0.29) is 12.5 Å². The molecule has 0 fully saturated rings. The Hall–Kier alpha value is -1.06. The average molecular weight is 145 g/mol. The van der Waals surface area contributed by atoms with Crippen molar-refractivity contribution in [1.29, 1.82) is 0 Å². The van der Waals surface area contributed by atoms with E-state index in [0.717, 1.165) is 0 Å². The van der Waals surface area contributed by atoms with Crippen LogP contribution >= 0.6 is 0 Å². The van der Waals surface area contributed by atoms with Crippen molar-refractivity contribution in [3.63, 3.8) is 0 Å². The lowest BCUT2D eigenvalue weighted by Crippen LogP contribution is -2.26. The summed E-state index contributed by atoms with van der Waals surface area (Å²) in [5.41, 5.74) is 0. The third kappa shape index (κ3) is 5.08. The number of hydrogen-bond donors (Lipinski definition) is 1. The molecular weight excluding hydrogens is 134 g/mol. The van der Waals surface area contributed by atoms with Crippen molar-refractivity contribution in [2.24, 2.45) is 0 Å². The highest BCUT2D eigenvalue weighted by Gasteiger charge is 1.93. The summed E-state index contributed by atoms with van der Waals surface area (Å²) in [6, 6.07) is 0. The Morgan fingerprint density at radius 1 is 1.70 bits per heavy atom. The molecule has 0 aliphatic heterocycles. The third-order valence-corrected chi connectivity index (χ3v) is 0.931. The molecule has 0 saturated heterocycles. The predicted octanol–water partition coefficient (Wildman–Crippen LogP) is -0.314. The number of carbonyl (C=O) groups excluding carboxylic acids is 2. The SMILES string of the molecule is CCC(=O)NCCOC=O. The van der Waals surface area contributed by atoms with Crippen LogP contribution < -0.4 is 5.32 Å². The second-order valence-electron chi connectivity index (χ2n) is 1.67. The fourth-order valence-corrected chi connectivity index (χ4v) is 0.422. The maximum atomic E-state index is 10.5. The smallest absolute Gasteiger partial charge is 0.293 e. The van der Waals surface area contributed by atoms with Crippen molar-refractivity contribution >= 4 is 12.4 Å². The van der Waals surface area contributed by atoms with Crippen LogP contribution in [-0.4, -0.2) is 25.5 Å². The molecule has 1 N–H and O–H groups in total. The zero-order valence-corrected chi connectivity index (χ0v) is 5.92. The van der Waals surface area contributed by atoms with E-state index in [4.69, 9.17) is 0 Å². The molecule has 0 aromatic heterocycles. The van der Waals surface area contributed by atoms with Crippen LogP contribution in [0.3, 0.4) is 0 Å². The molecule has 0 radical (unpaired) electrons. The summed E-state index contributed by atoms with van der Waals surface area (Å²) >= 11 is 0. The van der Waals surface area contributed by atoms with Gasteiger partial charge in [-0.1, -0.05) is 6.92 Å². The Labute approximate surface area is 59.6 Å². The van der Waals surface area contributed by atoms with Crippen LogP contribution in [0.2, 0.25) is 0 Å². The standard InChI is InChI=1S/C6H11NO3/c1-2-6(9)7-3-4-10-5-8/h5H,2-4H2,1H3,(H,7,9). The number of ether oxygens (including phenoxy) is 1. The Balaban J connectivity index is 3.03. The van der Waals surface area contributed by atoms with Crippen molar-refractivity contribution in [3.05, 3.63) is 0 Å². The van der Waals surface area contributed by atoms with Gasteiger partial charge in [-0.25, -0.2) is 0 Å². The number of hydrogen-bond acceptors (Lipinski definition) is 3. The van der Waals surface area contributed by atoms with Gasteiger partial charge in [-0.3, -0.25) is 9.59 Å². The second-order valence-corrected chi connectivity index (χ2v) is 1.67. The van der Waals surface area contributed by atoms with E-state index in [0.29, 0.717) is 19.4 Å². The molecule has 0 saturated carbocycles. The molecule has 0 spiro atoms. The molecule has 0 atom stereocenters. The van der Waals surface area contributed by atoms with Gasteiger partial charge >= 0.3 is 0 Å². The summed E-state index contributed by atoms with van der Waals surface area (Å²) in [6.07, 6.45) is 0.459. The first-order valence-corrected chi connectivity index (χ1v) is 3.13. The zero-order valence-electron chi connectivity index (χ0n) is 5.92. The second kappa shape index (κ2) is 6.07. The van der Waals surface area contributed by atoms with E-state index in [1.165, 1.54) is 0 Å². The highest BCUT2D eigenvalue weighted by molar-refractivity contribution is 5.75. The molecule has 0 rings (SSSR count). The van der Waals surface area contributed by atoms with Gasteiger partial charge < -0.3 is 10.1 Å². The lowest BCUT2D eigenvalue weighted by Gasteiger charge is -2.00. The van der Waals surface area contributed by atoms with Crippen LogP contribution in [0.1, 0.15) is 13.3 Å². The summed E-state index contributed by atoms with van der Waals surface area (Å²) in [5, 5.41) is 2.54. The van der Waals surface area contributed by atoms with Crippen LogP contribution in [0, 0.1) is 0 Å². The summed E-state index contributed by atoms with van der Waals surface area (Å²) in [7, 11) is 0. The average Bonchev–Trinajstić information content (AvgIpc) is 1.98. The minimum absolute atomic E-state index is 0.0329. The molecular formula is C6H11NO3. The van der Waals surface area contributed by atoms with Gasteiger partial charge in [-0.2, -0.15) is 0 Å². The molecule has 0 aliphatic rings. The van der Waals surface area contributed by atoms with Crippen LogP contribution in [-0.2, 0) is 14.3 Å². The molecule has 4 heteroatoms. The van der Waals surface area contributed by atoms with Gasteiger partial charge in [0.2, 0.25) is 5.91 Å². The largest absolute Gasteiger partial charge is 0.466 e. The van der Waals surface area contributed by atoms with Gasteiger partial charge in [-0.05, 0) is 0 Å².